The van der Waals surface area contributed by atoms with Gasteiger partial charge >= 0.3 is 0 Å². The van der Waals surface area contributed by atoms with Crippen molar-refractivity contribution in [1.29, 1.82) is 0 Å². The van der Waals surface area contributed by atoms with Crippen LogP contribution in [0.1, 0.15) is 31.9 Å². The largest absolute Gasteiger partial charge is 0.506 e. The van der Waals surface area contributed by atoms with Crippen LogP contribution in [0.3, 0.4) is 0 Å². The Morgan fingerprint density at radius 3 is 2.50 bits per heavy atom. The molecule has 0 aliphatic carbocycles. The van der Waals surface area contributed by atoms with Crippen LogP contribution in [-0.4, -0.2) is 16.3 Å². The van der Waals surface area contributed by atoms with Crippen molar-refractivity contribution in [3.05, 3.63) is 28.8 Å². The van der Waals surface area contributed by atoms with Crippen LogP contribution in [0.25, 0.3) is 0 Å². The van der Waals surface area contributed by atoms with Gasteiger partial charge in [0.05, 0.1) is 11.1 Å². The average molecular weight is 244 g/mol. The summed E-state index contributed by atoms with van der Waals surface area (Å²) in [6.45, 7) is 4.10. The summed E-state index contributed by atoms with van der Waals surface area (Å²) in [6.07, 6.45) is -0.0138. The molecule has 0 aromatic heterocycles. The van der Waals surface area contributed by atoms with Gasteiger partial charge in [0.15, 0.2) is 0 Å². The lowest BCUT2D eigenvalue weighted by molar-refractivity contribution is 0.136. The van der Waals surface area contributed by atoms with Crippen LogP contribution in [-0.2, 0) is 0 Å². The Balaban J connectivity index is 2.79. The van der Waals surface area contributed by atoms with Crippen molar-refractivity contribution in [2.24, 2.45) is 11.7 Å². The molecule has 16 heavy (non-hydrogen) atoms. The van der Waals surface area contributed by atoms with Gasteiger partial charge in [-0.05, 0) is 30.0 Å². The first-order chi connectivity index (χ1) is 7.41. The molecule has 1 aromatic rings. The first-order valence-corrected chi connectivity index (χ1v) is 5.71. The third-order valence-corrected chi connectivity index (χ3v) is 2.77. The topological polar surface area (TPSA) is 66.5 Å². The number of rotatable bonds is 4. The molecule has 4 heteroatoms. The minimum Gasteiger partial charge on any atom is -0.506 e. The lowest BCUT2D eigenvalue weighted by atomic mass is 9.95. The molecule has 90 valence electrons. The predicted molar refractivity (Wildman–Crippen MR) is 65.5 cm³/mol. The van der Waals surface area contributed by atoms with Gasteiger partial charge in [-0.1, -0.05) is 31.5 Å². The molecule has 0 fully saturated rings. The van der Waals surface area contributed by atoms with E-state index in [9.17, 15) is 10.2 Å². The summed E-state index contributed by atoms with van der Waals surface area (Å²) in [6, 6.07) is 4.32. The molecule has 0 heterocycles. The normalized spacial score (nSPS) is 15.1. The molecule has 1 rings (SSSR count). The Morgan fingerprint density at radius 2 is 2.00 bits per heavy atom. The molecule has 0 aliphatic rings. The molecular weight excluding hydrogens is 226 g/mol. The SMILES string of the molecule is CC(C)CC(N)C(O)c1ccc(O)c(Cl)c1. The Hall–Kier alpha value is -0.770. The molecule has 2 unspecified atom stereocenters. The van der Waals surface area contributed by atoms with E-state index < -0.39 is 6.10 Å². The highest BCUT2D eigenvalue weighted by Crippen LogP contribution is 2.28. The number of nitrogens with two attached hydrogens (primary N) is 1. The van der Waals surface area contributed by atoms with E-state index in [1.54, 1.807) is 12.1 Å². The van der Waals surface area contributed by atoms with Crippen molar-refractivity contribution in [1.82, 2.24) is 0 Å². The summed E-state index contributed by atoms with van der Waals surface area (Å²) >= 11 is 5.77. The number of aliphatic hydroxyl groups is 1. The van der Waals surface area contributed by atoms with Gasteiger partial charge in [-0.25, -0.2) is 0 Å². The molecule has 0 bridgehead atoms. The van der Waals surface area contributed by atoms with Gasteiger partial charge < -0.3 is 15.9 Å². The van der Waals surface area contributed by atoms with Crippen molar-refractivity contribution in [2.75, 3.05) is 0 Å². The summed E-state index contributed by atoms with van der Waals surface area (Å²) in [7, 11) is 0. The number of hydrogen-bond donors (Lipinski definition) is 3. The van der Waals surface area contributed by atoms with Crippen LogP contribution in [0.15, 0.2) is 18.2 Å². The van der Waals surface area contributed by atoms with Crippen molar-refractivity contribution < 1.29 is 10.2 Å². The van der Waals surface area contributed by atoms with E-state index in [4.69, 9.17) is 17.3 Å². The minimum atomic E-state index is -0.750. The quantitative estimate of drug-likeness (QED) is 0.761. The molecule has 0 saturated heterocycles. The number of phenolic OH excluding ortho intramolecular Hbond substituents is 1. The molecule has 1 aromatic carbocycles. The van der Waals surface area contributed by atoms with Gasteiger partial charge in [0, 0.05) is 6.04 Å². The lowest BCUT2D eigenvalue weighted by Crippen LogP contribution is -2.29. The summed E-state index contributed by atoms with van der Waals surface area (Å²) in [5, 5.41) is 19.5. The third kappa shape index (κ3) is 3.37. The molecular formula is C12H18ClNO2. The van der Waals surface area contributed by atoms with Crippen molar-refractivity contribution in [3.8, 4) is 5.75 Å². The smallest absolute Gasteiger partial charge is 0.134 e. The maximum atomic E-state index is 9.99. The first-order valence-electron chi connectivity index (χ1n) is 5.34. The van der Waals surface area contributed by atoms with Crippen LogP contribution in [0.2, 0.25) is 5.02 Å². The molecule has 0 amide bonds. The molecule has 2 atom stereocenters. The molecule has 0 radical (unpaired) electrons. The zero-order chi connectivity index (χ0) is 12.3. The van der Waals surface area contributed by atoms with Crippen molar-refractivity contribution in [3.63, 3.8) is 0 Å². The van der Waals surface area contributed by atoms with E-state index in [0.717, 1.165) is 6.42 Å². The summed E-state index contributed by atoms with van der Waals surface area (Å²) in [5.74, 6) is 0.437. The van der Waals surface area contributed by atoms with E-state index in [1.165, 1.54) is 6.07 Å². The monoisotopic (exact) mass is 243 g/mol. The Bertz CT molecular complexity index is 355. The number of halogens is 1. The fraction of sp³-hybridized carbons (Fsp3) is 0.500. The van der Waals surface area contributed by atoms with E-state index in [-0.39, 0.29) is 16.8 Å². The maximum Gasteiger partial charge on any atom is 0.134 e. The van der Waals surface area contributed by atoms with E-state index in [2.05, 4.69) is 13.8 Å². The highest BCUT2D eigenvalue weighted by Gasteiger charge is 2.18. The van der Waals surface area contributed by atoms with Crippen LogP contribution in [0, 0.1) is 5.92 Å². The van der Waals surface area contributed by atoms with E-state index in [0.29, 0.717) is 11.5 Å². The van der Waals surface area contributed by atoms with Crippen molar-refractivity contribution >= 4 is 11.6 Å². The number of phenols is 1. The van der Waals surface area contributed by atoms with Gasteiger partial charge in [0.2, 0.25) is 0 Å². The van der Waals surface area contributed by atoms with Gasteiger partial charge in [-0.2, -0.15) is 0 Å². The average Bonchev–Trinajstić information content (AvgIpc) is 2.20. The number of hydrogen-bond acceptors (Lipinski definition) is 3. The van der Waals surface area contributed by atoms with E-state index >= 15 is 0 Å². The second kappa shape index (κ2) is 5.53. The van der Waals surface area contributed by atoms with Crippen LogP contribution in [0.4, 0.5) is 0 Å². The minimum absolute atomic E-state index is 0.00930. The molecule has 0 spiro atoms. The number of aromatic hydroxyl groups is 1. The molecule has 3 nitrogen and oxygen atoms in total. The second-order valence-electron chi connectivity index (χ2n) is 4.45. The van der Waals surface area contributed by atoms with Crippen LogP contribution in [0.5, 0.6) is 5.75 Å². The zero-order valence-corrected chi connectivity index (χ0v) is 10.3. The summed E-state index contributed by atoms with van der Waals surface area (Å²) < 4.78 is 0. The summed E-state index contributed by atoms with van der Waals surface area (Å²) in [4.78, 5) is 0. The Kier molecular flexibility index (Phi) is 4.59. The number of aliphatic hydroxyl groups excluding tert-OH is 1. The van der Waals surface area contributed by atoms with Gasteiger partial charge in [0.25, 0.3) is 0 Å². The fourth-order valence-electron chi connectivity index (χ4n) is 1.63. The Labute approximate surface area is 101 Å². The van der Waals surface area contributed by atoms with Crippen LogP contribution >= 0.6 is 11.6 Å². The Morgan fingerprint density at radius 1 is 1.38 bits per heavy atom. The highest BCUT2D eigenvalue weighted by atomic mass is 35.5. The van der Waals surface area contributed by atoms with Crippen molar-refractivity contribution in [2.45, 2.75) is 32.4 Å². The van der Waals surface area contributed by atoms with Gasteiger partial charge in [-0.3, -0.25) is 0 Å². The van der Waals surface area contributed by atoms with Gasteiger partial charge in [0.1, 0.15) is 5.75 Å². The molecule has 0 saturated carbocycles. The first kappa shape index (κ1) is 13.3. The molecule has 0 aliphatic heterocycles. The molecule has 4 N–H and O–H groups in total. The lowest BCUT2D eigenvalue weighted by Gasteiger charge is -2.21. The zero-order valence-electron chi connectivity index (χ0n) is 9.52. The van der Waals surface area contributed by atoms with E-state index in [1.807, 2.05) is 0 Å². The third-order valence-electron chi connectivity index (χ3n) is 2.46. The number of benzene rings is 1. The summed E-state index contributed by atoms with van der Waals surface area (Å²) in [5.41, 5.74) is 6.52. The maximum absolute atomic E-state index is 9.99. The fourth-order valence-corrected chi connectivity index (χ4v) is 1.82. The predicted octanol–water partition coefficient (Wildman–Crippen LogP) is 2.45. The highest BCUT2D eigenvalue weighted by molar-refractivity contribution is 6.32. The van der Waals surface area contributed by atoms with Crippen LogP contribution < -0.4 is 5.73 Å². The van der Waals surface area contributed by atoms with Gasteiger partial charge in [-0.15, -0.1) is 0 Å². The second-order valence-corrected chi connectivity index (χ2v) is 4.86. The standard InChI is InChI=1S/C12H18ClNO2/c1-7(2)5-10(14)12(16)8-3-4-11(15)9(13)6-8/h3-4,6-7,10,12,15-16H,5,14H2,1-2H3.